The van der Waals surface area contributed by atoms with Crippen molar-refractivity contribution in [3.63, 3.8) is 0 Å². The van der Waals surface area contributed by atoms with E-state index in [2.05, 4.69) is 6.07 Å². The van der Waals surface area contributed by atoms with Gasteiger partial charge in [0.25, 0.3) is 0 Å². The van der Waals surface area contributed by atoms with Gasteiger partial charge in [0, 0.05) is 10.9 Å². The van der Waals surface area contributed by atoms with E-state index in [0.29, 0.717) is 17.7 Å². The SMILES string of the molecule is CCOC(=O)c1ccc2nc(-c3ccc(C#N)cc3)c3c(c2c1)CCCC3. The molecular weight excluding hydrogens is 336 g/mol. The molecule has 1 heterocycles. The van der Waals surface area contributed by atoms with Crippen LogP contribution in [0.25, 0.3) is 22.2 Å². The molecule has 0 spiro atoms. The number of carbonyl (C=O) groups excluding carboxylic acids is 1. The van der Waals surface area contributed by atoms with Gasteiger partial charge >= 0.3 is 5.97 Å². The number of fused-ring (bicyclic) bond motifs is 3. The molecule has 1 aromatic heterocycles. The van der Waals surface area contributed by atoms with Crippen LogP contribution in [-0.4, -0.2) is 17.6 Å². The summed E-state index contributed by atoms with van der Waals surface area (Å²) in [5.74, 6) is -0.292. The van der Waals surface area contributed by atoms with Gasteiger partial charge in [-0.1, -0.05) is 12.1 Å². The van der Waals surface area contributed by atoms with E-state index in [-0.39, 0.29) is 5.97 Å². The lowest BCUT2D eigenvalue weighted by Crippen LogP contribution is -2.09. The van der Waals surface area contributed by atoms with Gasteiger partial charge in [0.05, 0.1) is 35.0 Å². The molecule has 0 aliphatic heterocycles. The first-order valence-corrected chi connectivity index (χ1v) is 9.34. The topological polar surface area (TPSA) is 63.0 Å². The number of aromatic nitrogens is 1. The Labute approximate surface area is 158 Å². The van der Waals surface area contributed by atoms with Crippen LogP contribution in [0.4, 0.5) is 0 Å². The third kappa shape index (κ3) is 3.17. The number of carbonyl (C=O) groups is 1. The summed E-state index contributed by atoms with van der Waals surface area (Å²) < 4.78 is 5.15. The van der Waals surface area contributed by atoms with Gasteiger partial charge in [-0.15, -0.1) is 0 Å². The van der Waals surface area contributed by atoms with Crippen molar-refractivity contribution in [3.8, 4) is 17.3 Å². The fourth-order valence-corrected chi connectivity index (χ4v) is 3.81. The summed E-state index contributed by atoms with van der Waals surface area (Å²) in [7, 11) is 0. The maximum absolute atomic E-state index is 12.1. The lowest BCUT2D eigenvalue weighted by Gasteiger charge is -2.21. The maximum Gasteiger partial charge on any atom is 0.338 e. The van der Waals surface area contributed by atoms with Crippen LogP contribution in [0.15, 0.2) is 42.5 Å². The minimum atomic E-state index is -0.292. The third-order valence-electron chi connectivity index (χ3n) is 5.11. The molecule has 0 fully saturated rings. The van der Waals surface area contributed by atoms with Crippen LogP contribution in [0.1, 0.15) is 46.8 Å². The molecule has 0 radical (unpaired) electrons. The molecule has 2 aromatic carbocycles. The van der Waals surface area contributed by atoms with E-state index in [1.54, 1.807) is 6.07 Å². The number of hydrogen-bond donors (Lipinski definition) is 0. The van der Waals surface area contributed by atoms with Crippen molar-refractivity contribution in [2.24, 2.45) is 0 Å². The van der Waals surface area contributed by atoms with Gasteiger partial charge in [0.1, 0.15) is 0 Å². The first-order valence-electron chi connectivity index (χ1n) is 9.34. The second-order valence-electron chi connectivity index (χ2n) is 6.77. The Morgan fingerprint density at radius 3 is 2.56 bits per heavy atom. The van der Waals surface area contributed by atoms with E-state index < -0.39 is 0 Å². The normalized spacial score (nSPS) is 13.0. The van der Waals surface area contributed by atoms with Crippen LogP contribution in [0.3, 0.4) is 0 Å². The molecule has 4 heteroatoms. The van der Waals surface area contributed by atoms with Gasteiger partial charge in [0.15, 0.2) is 0 Å². The molecule has 0 saturated heterocycles. The fourth-order valence-electron chi connectivity index (χ4n) is 3.81. The summed E-state index contributed by atoms with van der Waals surface area (Å²) in [5.41, 5.74) is 6.69. The van der Waals surface area contributed by atoms with Crippen LogP contribution in [-0.2, 0) is 17.6 Å². The number of ether oxygens (including phenoxy) is 1. The minimum absolute atomic E-state index is 0.292. The summed E-state index contributed by atoms with van der Waals surface area (Å²) in [6.45, 7) is 2.18. The molecule has 3 aromatic rings. The molecule has 4 rings (SSSR count). The van der Waals surface area contributed by atoms with E-state index in [1.807, 2.05) is 43.3 Å². The number of benzene rings is 2. The van der Waals surface area contributed by atoms with Crippen LogP contribution in [0, 0.1) is 11.3 Å². The lowest BCUT2D eigenvalue weighted by atomic mass is 9.86. The molecule has 1 aliphatic rings. The van der Waals surface area contributed by atoms with Gasteiger partial charge in [-0.05, 0) is 74.1 Å². The molecule has 0 saturated carbocycles. The van der Waals surface area contributed by atoms with E-state index in [4.69, 9.17) is 15.0 Å². The highest BCUT2D eigenvalue weighted by molar-refractivity contribution is 5.96. The van der Waals surface area contributed by atoms with Crippen LogP contribution < -0.4 is 0 Å². The van der Waals surface area contributed by atoms with Gasteiger partial charge in [-0.25, -0.2) is 9.78 Å². The lowest BCUT2D eigenvalue weighted by molar-refractivity contribution is 0.0526. The van der Waals surface area contributed by atoms with Gasteiger partial charge in [-0.3, -0.25) is 0 Å². The first-order chi connectivity index (χ1) is 13.2. The molecule has 0 atom stereocenters. The summed E-state index contributed by atoms with van der Waals surface area (Å²) >= 11 is 0. The van der Waals surface area contributed by atoms with Crippen molar-refractivity contribution in [1.82, 2.24) is 4.98 Å². The predicted molar refractivity (Wildman–Crippen MR) is 104 cm³/mol. The maximum atomic E-state index is 12.1. The summed E-state index contributed by atoms with van der Waals surface area (Å²) in [5, 5.41) is 10.1. The molecule has 0 N–H and O–H groups in total. The van der Waals surface area contributed by atoms with Crippen LogP contribution in [0.2, 0.25) is 0 Å². The third-order valence-corrected chi connectivity index (χ3v) is 5.11. The average molecular weight is 356 g/mol. The molecule has 0 bridgehead atoms. The molecule has 0 unspecified atom stereocenters. The zero-order valence-corrected chi connectivity index (χ0v) is 15.3. The van der Waals surface area contributed by atoms with E-state index in [0.717, 1.165) is 47.8 Å². The Hall–Kier alpha value is -3.19. The van der Waals surface area contributed by atoms with Gasteiger partial charge < -0.3 is 4.74 Å². The fraction of sp³-hybridized carbons (Fsp3) is 0.261. The van der Waals surface area contributed by atoms with Gasteiger partial charge in [-0.2, -0.15) is 5.26 Å². The Bertz CT molecular complexity index is 1060. The van der Waals surface area contributed by atoms with Crippen molar-refractivity contribution in [1.29, 1.82) is 5.26 Å². The van der Waals surface area contributed by atoms with Crippen molar-refractivity contribution >= 4 is 16.9 Å². The van der Waals surface area contributed by atoms with E-state index in [1.165, 1.54) is 11.1 Å². The monoisotopic (exact) mass is 356 g/mol. The largest absolute Gasteiger partial charge is 0.462 e. The first kappa shape index (κ1) is 17.2. The van der Waals surface area contributed by atoms with Gasteiger partial charge in [0.2, 0.25) is 0 Å². The molecule has 134 valence electrons. The highest BCUT2D eigenvalue weighted by Gasteiger charge is 2.20. The number of esters is 1. The number of pyridine rings is 1. The molecule has 27 heavy (non-hydrogen) atoms. The van der Waals surface area contributed by atoms with E-state index >= 15 is 0 Å². The summed E-state index contributed by atoms with van der Waals surface area (Å²) in [6.07, 6.45) is 4.25. The number of nitriles is 1. The summed E-state index contributed by atoms with van der Waals surface area (Å²) in [4.78, 5) is 17.1. The summed E-state index contributed by atoms with van der Waals surface area (Å²) in [6, 6.07) is 15.4. The average Bonchev–Trinajstić information content (AvgIpc) is 2.73. The van der Waals surface area contributed by atoms with Crippen molar-refractivity contribution in [2.75, 3.05) is 6.61 Å². The predicted octanol–water partition coefficient (Wildman–Crippen LogP) is 4.83. The van der Waals surface area contributed by atoms with Crippen molar-refractivity contribution < 1.29 is 9.53 Å². The molecule has 0 amide bonds. The van der Waals surface area contributed by atoms with Crippen LogP contribution in [0.5, 0.6) is 0 Å². The smallest absolute Gasteiger partial charge is 0.338 e. The highest BCUT2D eigenvalue weighted by Crippen LogP contribution is 2.35. The van der Waals surface area contributed by atoms with E-state index in [9.17, 15) is 4.79 Å². The Balaban J connectivity index is 1.90. The Kier molecular flexibility index (Phi) is 4.60. The molecule has 1 aliphatic carbocycles. The quantitative estimate of drug-likeness (QED) is 0.631. The molecular formula is C23H20N2O2. The number of nitrogens with zero attached hydrogens (tertiary/aromatic N) is 2. The minimum Gasteiger partial charge on any atom is -0.462 e. The standard InChI is InChI=1S/C23H20N2O2/c1-2-27-23(26)17-11-12-21-20(13-17)18-5-3-4-6-19(18)22(25-21)16-9-7-15(14-24)8-10-16/h7-13H,2-6H2,1H3. The number of hydrogen-bond acceptors (Lipinski definition) is 4. The number of aryl methyl sites for hydroxylation is 1. The molecule has 4 nitrogen and oxygen atoms in total. The number of rotatable bonds is 3. The highest BCUT2D eigenvalue weighted by atomic mass is 16.5. The van der Waals surface area contributed by atoms with Crippen LogP contribution >= 0.6 is 0 Å². The Morgan fingerprint density at radius 1 is 1.11 bits per heavy atom. The second kappa shape index (κ2) is 7.20. The Morgan fingerprint density at radius 2 is 1.85 bits per heavy atom. The van der Waals surface area contributed by atoms with Crippen molar-refractivity contribution in [3.05, 3.63) is 64.7 Å². The zero-order valence-electron chi connectivity index (χ0n) is 15.3. The zero-order chi connectivity index (χ0) is 18.8. The van der Waals surface area contributed by atoms with Crippen molar-refractivity contribution in [2.45, 2.75) is 32.6 Å². The second-order valence-corrected chi connectivity index (χ2v) is 6.77.